The van der Waals surface area contributed by atoms with Gasteiger partial charge in [0.05, 0.1) is 5.54 Å². The van der Waals surface area contributed by atoms with Gasteiger partial charge in [-0.1, -0.05) is 19.8 Å². The third-order valence-corrected chi connectivity index (χ3v) is 4.34. The van der Waals surface area contributed by atoms with Crippen LogP contribution in [-0.4, -0.2) is 40.6 Å². The fourth-order valence-corrected chi connectivity index (χ4v) is 3.06. The minimum absolute atomic E-state index is 0.312. The molecule has 4 N–H and O–H groups in total. The molecule has 1 amide bonds. The van der Waals surface area contributed by atoms with Crippen molar-refractivity contribution >= 4 is 23.6 Å². The van der Waals surface area contributed by atoms with Crippen LogP contribution >= 0.6 is 11.8 Å². The van der Waals surface area contributed by atoms with Crippen LogP contribution in [0.15, 0.2) is 0 Å². The molecule has 6 heteroatoms. The first-order chi connectivity index (χ1) is 8.89. The molecule has 19 heavy (non-hydrogen) atoms. The number of carboxylic acid groups (broad SMARTS) is 1. The van der Waals surface area contributed by atoms with E-state index in [0.29, 0.717) is 30.9 Å². The van der Waals surface area contributed by atoms with Gasteiger partial charge in [0.2, 0.25) is 5.91 Å². The van der Waals surface area contributed by atoms with Crippen molar-refractivity contribution < 1.29 is 14.7 Å². The average Bonchev–Trinajstić information content (AvgIpc) is 2.33. The van der Waals surface area contributed by atoms with Gasteiger partial charge in [0.15, 0.2) is 0 Å². The molecule has 1 aliphatic rings. The van der Waals surface area contributed by atoms with Crippen LogP contribution in [0.3, 0.4) is 0 Å². The van der Waals surface area contributed by atoms with E-state index in [1.165, 1.54) is 0 Å². The highest BCUT2D eigenvalue weighted by molar-refractivity contribution is 7.98. The minimum atomic E-state index is -0.991. The van der Waals surface area contributed by atoms with E-state index in [-0.39, 0.29) is 5.91 Å². The molecular formula is C13H24N2O3S. The Hall–Kier alpha value is -0.750. The molecular weight excluding hydrogens is 264 g/mol. The van der Waals surface area contributed by atoms with Crippen LogP contribution in [0.4, 0.5) is 0 Å². The van der Waals surface area contributed by atoms with Gasteiger partial charge in [-0.2, -0.15) is 11.8 Å². The number of hydrogen-bond acceptors (Lipinski definition) is 4. The first-order valence-corrected chi connectivity index (χ1v) is 8.10. The molecule has 3 atom stereocenters. The highest BCUT2D eigenvalue weighted by Gasteiger charge is 2.39. The minimum Gasteiger partial charge on any atom is -0.480 e. The van der Waals surface area contributed by atoms with Crippen molar-refractivity contribution in [2.75, 3.05) is 12.0 Å². The maximum atomic E-state index is 12.2. The lowest BCUT2D eigenvalue weighted by molar-refractivity contribution is -0.143. The van der Waals surface area contributed by atoms with Gasteiger partial charge >= 0.3 is 5.97 Å². The summed E-state index contributed by atoms with van der Waals surface area (Å²) in [6, 6.07) is -0.836. The molecule has 0 saturated heterocycles. The molecule has 0 bridgehead atoms. The summed E-state index contributed by atoms with van der Waals surface area (Å²) < 4.78 is 0. The van der Waals surface area contributed by atoms with Gasteiger partial charge in [-0.3, -0.25) is 4.79 Å². The zero-order valence-corrected chi connectivity index (χ0v) is 12.5. The number of carbonyl (C=O) groups is 2. The number of nitrogens with two attached hydrogens (primary N) is 1. The number of carbonyl (C=O) groups excluding carboxylic acids is 1. The number of nitrogens with one attached hydrogen (secondary N) is 1. The second-order valence-electron chi connectivity index (χ2n) is 5.50. The molecule has 0 aliphatic heterocycles. The summed E-state index contributed by atoms with van der Waals surface area (Å²) in [6.45, 7) is 2.08. The van der Waals surface area contributed by atoms with Crippen molar-refractivity contribution in [2.24, 2.45) is 11.7 Å². The molecule has 0 spiro atoms. The lowest BCUT2D eigenvalue weighted by Crippen LogP contribution is -2.59. The summed E-state index contributed by atoms with van der Waals surface area (Å²) in [7, 11) is 0. The van der Waals surface area contributed by atoms with Crippen molar-refractivity contribution in [3.63, 3.8) is 0 Å². The molecule has 0 aromatic carbocycles. The molecule has 0 aromatic rings. The SMILES string of the molecule is CSCCC(NC(=O)C1(N)CCCC(C)C1)C(=O)O. The molecule has 1 rings (SSSR count). The Morgan fingerprint density at radius 1 is 1.58 bits per heavy atom. The van der Waals surface area contributed by atoms with Crippen LogP contribution in [0, 0.1) is 5.92 Å². The monoisotopic (exact) mass is 288 g/mol. The smallest absolute Gasteiger partial charge is 0.326 e. The average molecular weight is 288 g/mol. The fourth-order valence-electron chi connectivity index (χ4n) is 2.59. The quantitative estimate of drug-likeness (QED) is 0.683. The molecule has 1 aliphatic carbocycles. The highest BCUT2D eigenvalue weighted by Crippen LogP contribution is 2.30. The second-order valence-corrected chi connectivity index (χ2v) is 6.49. The van der Waals surface area contributed by atoms with Gasteiger partial charge in [-0.25, -0.2) is 4.79 Å². The molecule has 1 fully saturated rings. The fraction of sp³-hybridized carbons (Fsp3) is 0.846. The summed E-state index contributed by atoms with van der Waals surface area (Å²) in [5, 5.41) is 11.7. The number of hydrogen-bond donors (Lipinski definition) is 3. The molecule has 5 nitrogen and oxygen atoms in total. The Labute approximate surface area is 118 Å². The first kappa shape index (κ1) is 16.3. The van der Waals surface area contributed by atoms with Crippen molar-refractivity contribution in [3.05, 3.63) is 0 Å². The summed E-state index contributed by atoms with van der Waals surface area (Å²) >= 11 is 1.56. The number of amides is 1. The maximum Gasteiger partial charge on any atom is 0.326 e. The molecule has 0 aromatic heterocycles. The molecule has 0 radical (unpaired) electrons. The zero-order chi connectivity index (χ0) is 14.5. The molecule has 0 heterocycles. The summed E-state index contributed by atoms with van der Waals surface area (Å²) in [5.41, 5.74) is 5.26. The van der Waals surface area contributed by atoms with E-state index in [1.807, 2.05) is 6.26 Å². The van der Waals surface area contributed by atoms with Crippen molar-refractivity contribution in [2.45, 2.75) is 50.6 Å². The Morgan fingerprint density at radius 3 is 2.79 bits per heavy atom. The summed E-state index contributed by atoms with van der Waals surface area (Å²) in [4.78, 5) is 23.4. The van der Waals surface area contributed by atoms with Crippen molar-refractivity contribution in [1.82, 2.24) is 5.32 Å². The van der Waals surface area contributed by atoms with Crippen LogP contribution in [0.2, 0.25) is 0 Å². The number of rotatable bonds is 6. The maximum absolute atomic E-state index is 12.2. The van der Waals surface area contributed by atoms with E-state index in [9.17, 15) is 9.59 Å². The van der Waals surface area contributed by atoms with E-state index in [4.69, 9.17) is 10.8 Å². The highest BCUT2D eigenvalue weighted by atomic mass is 32.2. The summed E-state index contributed by atoms with van der Waals surface area (Å²) in [6.07, 6.45) is 5.61. The van der Waals surface area contributed by atoms with Crippen LogP contribution in [0.1, 0.15) is 39.0 Å². The lowest BCUT2D eigenvalue weighted by Gasteiger charge is -2.36. The summed E-state index contributed by atoms with van der Waals surface area (Å²) in [5.74, 6) is -0.188. The topological polar surface area (TPSA) is 92.4 Å². The van der Waals surface area contributed by atoms with Crippen LogP contribution in [0.5, 0.6) is 0 Å². The van der Waals surface area contributed by atoms with Gasteiger partial charge < -0.3 is 16.2 Å². The Balaban J connectivity index is 2.62. The first-order valence-electron chi connectivity index (χ1n) is 6.70. The Bertz CT molecular complexity index is 338. The Morgan fingerprint density at radius 2 is 2.26 bits per heavy atom. The van der Waals surface area contributed by atoms with Gasteiger partial charge in [0, 0.05) is 0 Å². The van der Waals surface area contributed by atoms with Gasteiger partial charge in [-0.05, 0) is 37.2 Å². The van der Waals surface area contributed by atoms with Gasteiger partial charge in [-0.15, -0.1) is 0 Å². The standard InChI is InChI=1S/C13H24N2O3S/c1-9-4-3-6-13(14,8-9)12(18)15-10(11(16)17)5-7-19-2/h9-10H,3-8,14H2,1-2H3,(H,15,18)(H,16,17). The number of carboxylic acids is 1. The zero-order valence-electron chi connectivity index (χ0n) is 11.6. The third kappa shape index (κ3) is 4.69. The Kier molecular flexibility index (Phi) is 6.13. The van der Waals surface area contributed by atoms with Gasteiger partial charge in [0.1, 0.15) is 6.04 Å². The predicted molar refractivity (Wildman–Crippen MR) is 77.1 cm³/mol. The van der Waals surface area contributed by atoms with E-state index in [0.717, 1.165) is 12.8 Å². The van der Waals surface area contributed by atoms with E-state index < -0.39 is 17.6 Å². The van der Waals surface area contributed by atoms with E-state index >= 15 is 0 Å². The van der Waals surface area contributed by atoms with E-state index in [1.54, 1.807) is 11.8 Å². The number of thioether (sulfide) groups is 1. The molecule has 110 valence electrons. The van der Waals surface area contributed by atoms with Gasteiger partial charge in [0.25, 0.3) is 0 Å². The third-order valence-electron chi connectivity index (χ3n) is 3.70. The predicted octanol–water partition coefficient (Wildman–Crippen LogP) is 1.22. The van der Waals surface area contributed by atoms with Crippen LogP contribution in [0.25, 0.3) is 0 Å². The van der Waals surface area contributed by atoms with Crippen LogP contribution in [-0.2, 0) is 9.59 Å². The lowest BCUT2D eigenvalue weighted by atomic mass is 9.76. The van der Waals surface area contributed by atoms with E-state index in [2.05, 4.69) is 12.2 Å². The van der Waals surface area contributed by atoms with Crippen molar-refractivity contribution in [1.29, 1.82) is 0 Å². The van der Waals surface area contributed by atoms with Crippen LogP contribution < -0.4 is 11.1 Å². The largest absolute Gasteiger partial charge is 0.480 e. The second kappa shape index (κ2) is 7.14. The normalized spacial score (nSPS) is 28.7. The van der Waals surface area contributed by atoms with Crippen molar-refractivity contribution in [3.8, 4) is 0 Å². The molecule has 1 saturated carbocycles. The molecule has 3 unspecified atom stereocenters. The number of aliphatic carboxylic acids is 1.